The summed E-state index contributed by atoms with van der Waals surface area (Å²) < 4.78 is 1.02. The molecular formula is C18H15BrN2O. The van der Waals surface area contributed by atoms with E-state index in [9.17, 15) is 4.79 Å². The summed E-state index contributed by atoms with van der Waals surface area (Å²) in [7, 11) is 0. The topological polar surface area (TPSA) is 42.0 Å². The lowest BCUT2D eigenvalue weighted by Crippen LogP contribution is -2.26. The van der Waals surface area contributed by atoms with Crippen molar-refractivity contribution in [3.05, 3.63) is 76.4 Å². The average molecular weight is 355 g/mol. The fourth-order valence-corrected chi connectivity index (χ4v) is 2.67. The van der Waals surface area contributed by atoms with Gasteiger partial charge in [0.15, 0.2) is 0 Å². The summed E-state index contributed by atoms with van der Waals surface area (Å²) in [6.07, 6.45) is 1.67. The summed E-state index contributed by atoms with van der Waals surface area (Å²) in [4.78, 5) is 16.8. The van der Waals surface area contributed by atoms with Crippen molar-refractivity contribution in [1.29, 1.82) is 0 Å². The number of halogens is 1. The van der Waals surface area contributed by atoms with Crippen molar-refractivity contribution in [3.63, 3.8) is 0 Å². The Morgan fingerprint density at radius 1 is 1.09 bits per heavy atom. The highest BCUT2D eigenvalue weighted by Gasteiger charge is 2.14. The number of hydrogen-bond acceptors (Lipinski definition) is 2. The third-order valence-electron chi connectivity index (χ3n) is 3.61. The quantitative estimate of drug-likeness (QED) is 0.752. The second-order valence-electron chi connectivity index (χ2n) is 5.12. The normalized spacial score (nSPS) is 12.1. The number of aromatic nitrogens is 1. The van der Waals surface area contributed by atoms with E-state index >= 15 is 0 Å². The molecule has 0 fully saturated rings. The molecule has 0 aliphatic rings. The van der Waals surface area contributed by atoms with Crippen molar-refractivity contribution in [2.45, 2.75) is 13.0 Å². The van der Waals surface area contributed by atoms with Gasteiger partial charge >= 0.3 is 0 Å². The number of carbonyl (C=O) groups is 1. The first kappa shape index (κ1) is 14.7. The number of benzene rings is 2. The number of para-hydroxylation sites is 1. The van der Waals surface area contributed by atoms with Crippen LogP contribution in [0.3, 0.4) is 0 Å². The maximum atomic E-state index is 12.6. The third kappa shape index (κ3) is 3.02. The standard InChI is InChI=1S/C18H15BrN2O/c1-12(13-6-8-14(19)9-7-13)21-18(22)16-10-11-20-17-5-3-2-4-15(16)17/h2-12H,1H3,(H,21,22). The number of amides is 1. The summed E-state index contributed by atoms with van der Waals surface area (Å²) in [5.41, 5.74) is 2.54. The van der Waals surface area contributed by atoms with Crippen LogP contribution >= 0.6 is 15.9 Å². The second-order valence-corrected chi connectivity index (χ2v) is 6.04. The Morgan fingerprint density at radius 3 is 2.59 bits per heavy atom. The van der Waals surface area contributed by atoms with E-state index in [0.29, 0.717) is 5.56 Å². The number of nitrogens with zero attached hydrogens (tertiary/aromatic N) is 1. The Morgan fingerprint density at radius 2 is 1.82 bits per heavy atom. The van der Waals surface area contributed by atoms with E-state index in [1.165, 1.54) is 0 Å². The molecule has 1 atom stereocenters. The van der Waals surface area contributed by atoms with Gasteiger partial charge in [0.25, 0.3) is 5.91 Å². The fourth-order valence-electron chi connectivity index (χ4n) is 2.40. The molecule has 1 heterocycles. The van der Waals surface area contributed by atoms with Crippen molar-refractivity contribution in [2.24, 2.45) is 0 Å². The van der Waals surface area contributed by atoms with Crippen LogP contribution in [0, 0.1) is 0 Å². The minimum atomic E-state index is -0.0889. The summed E-state index contributed by atoms with van der Waals surface area (Å²) in [5.74, 6) is -0.0889. The van der Waals surface area contributed by atoms with Gasteiger partial charge in [0.1, 0.15) is 0 Å². The van der Waals surface area contributed by atoms with E-state index in [1.807, 2.05) is 55.5 Å². The van der Waals surface area contributed by atoms with Crippen LogP contribution < -0.4 is 5.32 Å². The van der Waals surface area contributed by atoms with E-state index in [1.54, 1.807) is 12.3 Å². The molecule has 1 amide bonds. The molecular weight excluding hydrogens is 340 g/mol. The van der Waals surface area contributed by atoms with Gasteiger partial charge in [-0.05, 0) is 36.8 Å². The summed E-state index contributed by atoms with van der Waals surface area (Å²) in [5, 5.41) is 3.91. The molecule has 3 aromatic rings. The summed E-state index contributed by atoms with van der Waals surface area (Å²) in [6, 6.07) is 17.3. The maximum Gasteiger partial charge on any atom is 0.252 e. The van der Waals surface area contributed by atoms with Crippen LogP contribution in [0.4, 0.5) is 0 Å². The molecule has 0 saturated carbocycles. The van der Waals surface area contributed by atoms with E-state index in [-0.39, 0.29) is 11.9 Å². The van der Waals surface area contributed by atoms with Gasteiger partial charge in [-0.25, -0.2) is 0 Å². The largest absolute Gasteiger partial charge is 0.345 e. The molecule has 22 heavy (non-hydrogen) atoms. The molecule has 4 heteroatoms. The molecule has 3 nitrogen and oxygen atoms in total. The molecule has 0 saturated heterocycles. The first-order valence-corrected chi connectivity index (χ1v) is 7.84. The van der Waals surface area contributed by atoms with Crippen molar-refractivity contribution in [3.8, 4) is 0 Å². The Balaban J connectivity index is 1.85. The molecule has 3 rings (SSSR count). The summed E-state index contributed by atoms with van der Waals surface area (Å²) >= 11 is 3.41. The zero-order chi connectivity index (χ0) is 15.5. The smallest absolute Gasteiger partial charge is 0.252 e. The SMILES string of the molecule is CC(NC(=O)c1ccnc2ccccc12)c1ccc(Br)cc1. The first-order valence-electron chi connectivity index (χ1n) is 7.05. The molecule has 0 spiro atoms. The van der Waals surface area contributed by atoms with Crippen LogP contribution in [0.25, 0.3) is 10.9 Å². The van der Waals surface area contributed by atoms with Crippen LogP contribution in [-0.4, -0.2) is 10.9 Å². The van der Waals surface area contributed by atoms with Crippen LogP contribution in [0.2, 0.25) is 0 Å². The van der Waals surface area contributed by atoms with Crippen molar-refractivity contribution < 1.29 is 4.79 Å². The Bertz CT molecular complexity index is 809. The second kappa shape index (κ2) is 6.28. The number of pyridine rings is 1. The zero-order valence-corrected chi connectivity index (χ0v) is 13.7. The highest BCUT2D eigenvalue weighted by Crippen LogP contribution is 2.19. The summed E-state index contributed by atoms with van der Waals surface area (Å²) in [6.45, 7) is 1.98. The molecule has 0 aliphatic carbocycles. The number of rotatable bonds is 3. The molecule has 0 bridgehead atoms. The van der Waals surface area contributed by atoms with Gasteiger partial charge in [-0.1, -0.05) is 46.3 Å². The molecule has 0 radical (unpaired) electrons. The Hall–Kier alpha value is -2.20. The number of nitrogens with one attached hydrogen (secondary N) is 1. The van der Waals surface area contributed by atoms with Gasteiger partial charge in [-0.15, -0.1) is 0 Å². The van der Waals surface area contributed by atoms with Gasteiger partial charge in [-0.2, -0.15) is 0 Å². The average Bonchev–Trinajstić information content (AvgIpc) is 2.54. The third-order valence-corrected chi connectivity index (χ3v) is 4.14. The van der Waals surface area contributed by atoms with Gasteiger partial charge in [0.05, 0.1) is 17.1 Å². The van der Waals surface area contributed by atoms with Crippen LogP contribution in [-0.2, 0) is 0 Å². The van der Waals surface area contributed by atoms with Gasteiger partial charge < -0.3 is 5.32 Å². The predicted molar refractivity (Wildman–Crippen MR) is 91.8 cm³/mol. The molecule has 2 aromatic carbocycles. The molecule has 1 N–H and O–H groups in total. The molecule has 0 aliphatic heterocycles. The molecule has 110 valence electrons. The lowest BCUT2D eigenvalue weighted by Gasteiger charge is -2.15. The van der Waals surface area contributed by atoms with Gasteiger partial charge in [-0.3, -0.25) is 9.78 Å². The van der Waals surface area contributed by atoms with E-state index in [0.717, 1.165) is 20.9 Å². The molecule has 1 unspecified atom stereocenters. The number of fused-ring (bicyclic) bond motifs is 1. The van der Waals surface area contributed by atoms with Crippen LogP contribution in [0.1, 0.15) is 28.9 Å². The minimum Gasteiger partial charge on any atom is -0.345 e. The monoisotopic (exact) mass is 354 g/mol. The van der Waals surface area contributed by atoms with Crippen molar-refractivity contribution in [2.75, 3.05) is 0 Å². The van der Waals surface area contributed by atoms with Crippen LogP contribution in [0.5, 0.6) is 0 Å². The van der Waals surface area contributed by atoms with E-state index in [4.69, 9.17) is 0 Å². The maximum absolute atomic E-state index is 12.6. The van der Waals surface area contributed by atoms with Crippen LogP contribution in [0.15, 0.2) is 65.3 Å². The van der Waals surface area contributed by atoms with E-state index < -0.39 is 0 Å². The van der Waals surface area contributed by atoms with Crippen molar-refractivity contribution in [1.82, 2.24) is 10.3 Å². The van der Waals surface area contributed by atoms with E-state index in [2.05, 4.69) is 26.2 Å². The van der Waals surface area contributed by atoms with Crippen molar-refractivity contribution >= 4 is 32.7 Å². The zero-order valence-electron chi connectivity index (χ0n) is 12.1. The Kier molecular flexibility index (Phi) is 4.20. The van der Waals surface area contributed by atoms with Gasteiger partial charge in [0, 0.05) is 16.1 Å². The number of carbonyl (C=O) groups excluding carboxylic acids is 1. The molecule has 1 aromatic heterocycles. The minimum absolute atomic E-state index is 0.0625. The first-order chi connectivity index (χ1) is 10.6. The lowest BCUT2D eigenvalue weighted by atomic mass is 10.1. The highest BCUT2D eigenvalue weighted by atomic mass is 79.9. The Labute approximate surface area is 137 Å². The fraction of sp³-hybridized carbons (Fsp3) is 0.111. The lowest BCUT2D eigenvalue weighted by molar-refractivity contribution is 0.0941. The number of hydrogen-bond donors (Lipinski definition) is 1. The predicted octanol–water partition coefficient (Wildman–Crippen LogP) is 4.49. The van der Waals surface area contributed by atoms with Gasteiger partial charge in [0.2, 0.25) is 0 Å². The highest BCUT2D eigenvalue weighted by molar-refractivity contribution is 9.10.